The van der Waals surface area contributed by atoms with Crippen LogP contribution >= 0.6 is 0 Å². The van der Waals surface area contributed by atoms with Crippen molar-refractivity contribution in [2.75, 3.05) is 0 Å². The molecule has 21 heavy (non-hydrogen) atoms. The summed E-state index contributed by atoms with van der Waals surface area (Å²) in [5, 5.41) is 0. The summed E-state index contributed by atoms with van der Waals surface area (Å²) in [6, 6.07) is 0. The minimum Gasteiger partial charge on any atom is -0.368 e. The van der Waals surface area contributed by atoms with Crippen LogP contribution < -0.4 is 17.0 Å². The molecule has 2 rings (SSSR count). The smallest absolute Gasteiger partial charge is 0.332 e. The number of fused-ring (bicyclic) bond motifs is 1. The third-order valence-corrected chi connectivity index (χ3v) is 3.16. The van der Waals surface area contributed by atoms with Crippen LogP contribution in [0.4, 0.5) is 0 Å². The highest BCUT2D eigenvalue weighted by Crippen LogP contribution is 2.05. The van der Waals surface area contributed by atoms with Crippen molar-refractivity contribution in [2.24, 2.45) is 12.8 Å². The molecule has 0 fully saturated rings. The van der Waals surface area contributed by atoms with Crippen molar-refractivity contribution in [2.45, 2.75) is 26.4 Å². The topological polar surface area (TPSA) is 122 Å². The molecule has 9 heteroatoms. The molecule has 0 bridgehead atoms. The third-order valence-electron chi connectivity index (χ3n) is 3.16. The number of aryl methyl sites for hydroxylation is 1. The summed E-state index contributed by atoms with van der Waals surface area (Å²) in [5.74, 6) is -0.881. The van der Waals surface area contributed by atoms with Crippen LogP contribution in [0.3, 0.4) is 0 Å². The number of carbonyl (C=O) groups is 2. The maximum absolute atomic E-state index is 12.4. The molecule has 0 saturated heterocycles. The fraction of sp³-hybridized carbons (Fsp3) is 0.417. The van der Waals surface area contributed by atoms with Gasteiger partial charge in [-0.15, -0.1) is 0 Å². The molecule has 0 aromatic carbocycles. The maximum Gasteiger partial charge on any atom is 0.332 e. The van der Waals surface area contributed by atoms with E-state index in [0.717, 1.165) is 9.13 Å². The number of nitrogens with two attached hydrogens (primary N) is 1. The van der Waals surface area contributed by atoms with Gasteiger partial charge in [0.05, 0.1) is 12.9 Å². The van der Waals surface area contributed by atoms with Crippen LogP contribution in [0, 0.1) is 0 Å². The Hall–Kier alpha value is -2.71. The number of Topliss-reactive ketones (excluding diaryl/α,β-unsaturated/α-hetero) is 1. The molecule has 2 heterocycles. The lowest BCUT2D eigenvalue weighted by Gasteiger charge is -2.08. The normalized spacial score (nSPS) is 11.0. The number of primary amides is 1. The van der Waals surface area contributed by atoms with E-state index in [1.807, 2.05) is 0 Å². The predicted octanol–water partition coefficient (Wildman–Crippen LogP) is -1.64. The van der Waals surface area contributed by atoms with E-state index in [1.165, 1.54) is 17.9 Å². The van der Waals surface area contributed by atoms with Crippen LogP contribution in [0.1, 0.15) is 13.3 Å². The molecular weight excluding hydrogens is 278 g/mol. The second-order valence-corrected chi connectivity index (χ2v) is 4.64. The first-order chi connectivity index (χ1) is 9.86. The number of carbonyl (C=O) groups excluding carboxylic acids is 2. The Kier molecular flexibility index (Phi) is 3.74. The molecule has 2 N–H and O–H groups in total. The molecular formula is C12H15N5O4. The average Bonchev–Trinajstić information content (AvgIpc) is 2.84. The molecule has 112 valence electrons. The van der Waals surface area contributed by atoms with E-state index < -0.39 is 17.2 Å². The summed E-state index contributed by atoms with van der Waals surface area (Å²) < 4.78 is 3.27. The van der Waals surface area contributed by atoms with Crippen molar-refractivity contribution in [3.05, 3.63) is 27.2 Å². The van der Waals surface area contributed by atoms with Crippen LogP contribution in [-0.2, 0) is 29.7 Å². The first kappa shape index (κ1) is 14.7. The number of rotatable bonds is 5. The van der Waals surface area contributed by atoms with Crippen LogP contribution in [0.2, 0.25) is 0 Å². The number of imidazole rings is 1. The van der Waals surface area contributed by atoms with Gasteiger partial charge in [-0.3, -0.25) is 23.5 Å². The average molecular weight is 293 g/mol. The monoisotopic (exact) mass is 293 g/mol. The summed E-state index contributed by atoms with van der Waals surface area (Å²) in [4.78, 5) is 51.0. The molecule has 0 saturated carbocycles. The van der Waals surface area contributed by atoms with E-state index in [9.17, 15) is 19.2 Å². The molecule has 1 amide bonds. The highest BCUT2D eigenvalue weighted by molar-refractivity contribution is 5.79. The Balaban J connectivity index is 2.76. The Bertz CT molecular complexity index is 842. The molecule has 0 aliphatic heterocycles. The minimum absolute atomic E-state index is 0.0693. The number of nitrogens with zero attached hydrogens (tertiary/aromatic N) is 4. The van der Waals surface area contributed by atoms with E-state index in [1.54, 1.807) is 6.92 Å². The lowest BCUT2D eigenvalue weighted by atomic mass is 10.3. The largest absolute Gasteiger partial charge is 0.368 e. The summed E-state index contributed by atoms with van der Waals surface area (Å²) in [5.41, 5.74) is 4.04. The molecule has 9 nitrogen and oxygen atoms in total. The molecule has 0 aliphatic rings. The van der Waals surface area contributed by atoms with Gasteiger partial charge in [-0.25, -0.2) is 9.78 Å². The SMILES string of the molecule is CCC(=O)Cn1c(=O)c2c(ncn2CC(N)=O)n(C)c1=O. The highest BCUT2D eigenvalue weighted by Gasteiger charge is 2.18. The molecule has 2 aromatic rings. The zero-order valence-corrected chi connectivity index (χ0v) is 11.7. The van der Waals surface area contributed by atoms with E-state index in [4.69, 9.17) is 5.73 Å². The van der Waals surface area contributed by atoms with Crippen molar-refractivity contribution in [3.8, 4) is 0 Å². The number of hydrogen-bond acceptors (Lipinski definition) is 5. The standard InChI is InChI=1S/C12H15N5O4/c1-3-7(18)4-17-11(20)9-10(15(2)12(17)21)14-6-16(9)5-8(13)19/h6H,3-5H2,1-2H3,(H2,13,19). The lowest BCUT2D eigenvalue weighted by molar-refractivity contribution is -0.120. The van der Waals surface area contributed by atoms with Gasteiger partial charge in [-0.05, 0) is 0 Å². The summed E-state index contributed by atoms with van der Waals surface area (Å²) in [7, 11) is 1.44. The number of hydrogen-bond donors (Lipinski definition) is 1. The van der Waals surface area contributed by atoms with Crippen LogP contribution in [0.15, 0.2) is 15.9 Å². The first-order valence-corrected chi connectivity index (χ1v) is 6.31. The van der Waals surface area contributed by atoms with E-state index in [2.05, 4.69) is 4.98 Å². The Labute approximate surface area is 118 Å². The van der Waals surface area contributed by atoms with Crippen LogP contribution in [-0.4, -0.2) is 30.4 Å². The second-order valence-electron chi connectivity index (χ2n) is 4.64. The van der Waals surface area contributed by atoms with E-state index >= 15 is 0 Å². The number of amides is 1. The fourth-order valence-corrected chi connectivity index (χ4v) is 2.04. The highest BCUT2D eigenvalue weighted by atomic mass is 16.2. The van der Waals surface area contributed by atoms with Crippen molar-refractivity contribution in [3.63, 3.8) is 0 Å². The van der Waals surface area contributed by atoms with Crippen molar-refractivity contribution >= 4 is 22.9 Å². The summed E-state index contributed by atoms with van der Waals surface area (Å²) in [6.45, 7) is 1.11. The maximum atomic E-state index is 12.4. The van der Waals surface area contributed by atoms with E-state index in [-0.39, 0.29) is 36.5 Å². The number of ketones is 1. The van der Waals surface area contributed by atoms with Gasteiger partial charge in [-0.2, -0.15) is 0 Å². The zero-order chi connectivity index (χ0) is 15.7. The van der Waals surface area contributed by atoms with Crippen molar-refractivity contribution < 1.29 is 9.59 Å². The second kappa shape index (κ2) is 5.35. The molecule has 0 aliphatic carbocycles. The Morgan fingerprint density at radius 2 is 1.95 bits per heavy atom. The quantitative estimate of drug-likeness (QED) is 0.708. The molecule has 0 spiro atoms. The van der Waals surface area contributed by atoms with Crippen molar-refractivity contribution in [1.29, 1.82) is 0 Å². The van der Waals surface area contributed by atoms with Gasteiger partial charge in [-0.1, -0.05) is 6.92 Å². The molecule has 0 atom stereocenters. The van der Waals surface area contributed by atoms with Gasteiger partial charge in [0.1, 0.15) is 6.54 Å². The summed E-state index contributed by atoms with van der Waals surface area (Å²) in [6.07, 6.45) is 1.48. The van der Waals surface area contributed by atoms with Gasteiger partial charge >= 0.3 is 5.69 Å². The van der Waals surface area contributed by atoms with Crippen molar-refractivity contribution in [1.82, 2.24) is 18.7 Å². The molecule has 2 aromatic heterocycles. The van der Waals surface area contributed by atoms with Gasteiger partial charge < -0.3 is 10.3 Å². The zero-order valence-electron chi connectivity index (χ0n) is 11.7. The minimum atomic E-state index is -0.659. The Morgan fingerprint density at radius 3 is 2.52 bits per heavy atom. The molecule has 0 radical (unpaired) electrons. The van der Waals surface area contributed by atoms with Gasteiger partial charge in [0.2, 0.25) is 5.91 Å². The van der Waals surface area contributed by atoms with Gasteiger partial charge in [0, 0.05) is 13.5 Å². The van der Waals surface area contributed by atoms with Gasteiger partial charge in [0.25, 0.3) is 5.56 Å². The number of aromatic nitrogens is 4. The van der Waals surface area contributed by atoms with E-state index in [0.29, 0.717) is 0 Å². The fourth-order valence-electron chi connectivity index (χ4n) is 2.04. The van der Waals surface area contributed by atoms with Gasteiger partial charge in [0.15, 0.2) is 16.9 Å². The third kappa shape index (κ3) is 2.49. The Morgan fingerprint density at radius 1 is 1.29 bits per heavy atom. The predicted molar refractivity (Wildman–Crippen MR) is 73.7 cm³/mol. The van der Waals surface area contributed by atoms with Crippen LogP contribution in [0.25, 0.3) is 11.2 Å². The van der Waals surface area contributed by atoms with Crippen LogP contribution in [0.5, 0.6) is 0 Å². The lowest BCUT2D eigenvalue weighted by Crippen LogP contribution is -2.41. The first-order valence-electron chi connectivity index (χ1n) is 6.31. The molecule has 0 unspecified atom stereocenters. The summed E-state index contributed by atoms with van der Waals surface area (Å²) >= 11 is 0.